The molecule has 4 rings (SSSR count). The van der Waals surface area contributed by atoms with Crippen LogP contribution in [0.2, 0.25) is 0 Å². The van der Waals surface area contributed by atoms with Gasteiger partial charge >= 0.3 is 0 Å². The lowest BCUT2D eigenvalue weighted by Crippen LogP contribution is -2.31. The largest absolute Gasteiger partial charge is 0.444 e. The van der Waals surface area contributed by atoms with Crippen molar-refractivity contribution in [1.29, 1.82) is 0 Å². The number of benzene rings is 2. The van der Waals surface area contributed by atoms with Crippen LogP contribution in [0.1, 0.15) is 31.7 Å². The summed E-state index contributed by atoms with van der Waals surface area (Å²) < 4.78 is 41.6. The first-order valence-electron chi connectivity index (χ1n) is 8.44. The summed E-state index contributed by atoms with van der Waals surface area (Å²) in [5, 5.41) is 0. The molecule has 2 heterocycles. The van der Waals surface area contributed by atoms with Crippen LogP contribution < -0.4 is 9.47 Å². The molecular formula is C19H19F2NO2S. The standard InChI is InChI=1S/C19H19F2NO2S/c1-19(13-5-7-14(20)8-6-13)23-16-11-15(21)18(12-17(16)24-19)25-22-9-3-2-4-10-22/h5-8,11-12H,2-4,9-10H2,1H3. The number of hydrogen-bond donors (Lipinski definition) is 0. The number of piperidine rings is 1. The Morgan fingerprint density at radius 3 is 2.28 bits per heavy atom. The summed E-state index contributed by atoms with van der Waals surface area (Å²) in [6.07, 6.45) is 3.51. The monoisotopic (exact) mass is 363 g/mol. The van der Waals surface area contributed by atoms with Gasteiger partial charge in [0.1, 0.15) is 11.6 Å². The number of fused-ring (bicyclic) bond motifs is 1. The molecule has 0 amide bonds. The van der Waals surface area contributed by atoms with Crippen molar-refractivity contribution >= 4 is 11.9 Å². The zero-order chi connectivity index (χ0) is 17.4. The van der Waals surface area contributed by atoms with Crippen LogP contribution in [0, 0.1) is 11.6 Å². The second-order valence-corrected chi connectivity index (χ2v) is 7.61. The Labute approximate surface area is 150 Å². The van der Waals surface area contributed by atoms with E-state index >= 15 is 0 Å². The van der Waals surface area contributed by atoms with Crippen LogP contribution in [-0.2, 0) is 5.79 Å². The van der Waals surface area contributed by atoms with Gasteiger partial charge in [0, 0.05) is 37.7 Å². The number of rotatable bonds is 3. The first kappa shape index (κ1) is 16.7. The average Bonchev–Trinajstić information content (AvgIpc) is 2.93. The van der Waals surface area contributed by atoms with Crippen LogP contribution in [0.4, 0.5) is 8.78 Å². The maximum Gasteiger partial charge on any atom is 0.275 e. The van der Waals surface area contributed by atoms with Crippen molar-refractivity contribution in [3.05, 3.63) is 53.6 Å². The summed E-state index contributed by atoms with van der Waals surface area (Å²) in [6, 6.07) is 9.00. The molecule has 2 aromatic rings. The molecule has 0 aromatic heterocycles. The van der Waals surface area contributed by atoms with Crippen LogP contribution in [0.5, 0.6) is 11.5 Å². The lowest BCUT2D eigenvalue weighted by Gasteiger charge is -2.25. The van der Waals surface area contributed by atoms with Crippen LogP contribution in [0.15, 0.2) is 41.3 Å². The van der Waals surface area contributed by atoms with Gasteiger partial charge in [-0.25, -0.2) is 13.1 Å². The van der Waals surface area contributed by atoms with Gasteiger partial charge in [-0.05, 0) is 49.1 Å². The Bertz CT molecular complexity index is 778. The Kier molecular flexibility index (Phi) is 4.33. The third-order valence-electron chi connectivity index (χ3n) is 4.52. The van der Waals surface area contributed by atoms with E-state index in [4.69, 9.17) is 9.47 Å². The van der Waals surface area contributed by atoms with E-state index in [1.54, 1.807) is 25.1 Å². The van der Waals surface area contributed by atoms with Crippen LogP contribution in [0.25, 0.3) is 0 Å². The molecule has 0 aliphatic carbocycles. The second-order valence-electron chi connectivity index (χ2n) is 6.47. The summed E-state index contributed by atoms with van der Waals surface area (Å²) in [5.41, 5.74) is 0.677. The van der Waals surface area contributed by atoms with Gasteiger partial charge in [0.15, 0.2) is 11.5 Å². The highest BCUT2D eigenvalue weighted by atomic mass is 32.2. The SMILES string of the molecule is CC1(c2ccc(F)cc2)Oc2cc(F)c(SN3CCCCC3)cc2O1. The molecule has 0 radical (unpaired) electrons. The minimum absolute atomic E-state index is 0.318. The van der Waals surface area contributed by atoms with Crippen molar-refractivity contribution in [1.82, 2.24) is 4.31 Å². The fourth-order valence-corrected chi connectivity index (χ4v) is 4.18. The van der Waals surface area contributed by atoms with Gasteiger partial charge in [0.25, 0.3) is 5.79 Å². The van der Waals surface area contributed by atoms with E-state index in [2.05, 4.69) is 4.31 Å². The first-order valence-corrected chi connectivity index (χ1v) is 9.21. The van der Waals surface area contributed by atoms with Crippen molar-refractivity contribution in [2.75, 3.05) is 13.1 Å². The van der Waals surface area contributed by atoms with Crippen molar-refractivity contribution < 1.29 is 18.3 Å². The van der Waals surface area contributed by atoms with Gasteiger partial charge in [-0.1, -0.05) is 6.42 Å². The Morgan fingerprint density at radius 1 is 0.960 bits per heavy atom. The van der Waals surface area contributed by atoms with E-state index in [-0.39, 0.29) is 11.6 Å². The zero-order valence-electron chi connectivity index (χ0n) is 13.9. The van der Waals surface area contributed by atoms with Gasteiger partial charge < -0.3 is 9.47 Å². The Balaban J connectivity index is 1.57. The van der Waals surface area contributed by atoms with E-state index in [1.165, 1.54) is 36.6 Å². The molecule has 0 bridgehead atoms. The third-order valence-corrected chi connectivity index (χ3v) is 5.65. The van der Waals surface area contributed by atoms with E-state index in [0.29, 0.717) is 22.0 Å². The molecule has 0 N–H and O–H groups in total. The van der Waals surface area contributed by atoms with Gasteiger partial charge in [0.2, 0.25) is 0 Å². The molecule has 2 aromatic carbocycles. The molecule has 25 heavy (non-hydrogen) atoms. The lowest BCUT2D eigenvalue weighted by molar-refractivity contribution is -0.0681. The summed E-state index contributed by atoms with van der Waals surface area (Å²) in [7, 11) is 0. The predicted octanol–water partition coefficient (Wildman–Crippen LogP) is 5.10. The van der Waals surface area contributed by atoms with Crippen molar-refractivity contribution in [3.8, 4) is 11.5 Å². The van der Waals surface area contributed by atoms with E-state index in [1.807, 2.05) is 0 Å². The topological polar surface area (TPSA) is 21.7 Å². The zero-order valence-corrected chi connectivity index (χ0v) is 14.7. The van der Waals surface area contributed by atoms with Crippen LogP contribution >= 0.6 is 11.9 Å². The summed E-state index contributed by atoms with van der Waals surface area (Å²) in [5.74, 6) is -0.855. The van der Waals surface area contributed by atoms with E-state index in [9.17, 15) is 8.78 Å². The highest BCUT2D eigenvalue weighted by molar-refractivity contribution is 7.97. The molecule has 3 nitrogen and oxygen atoms in total. The van der Waals surface area contributed by atoms with Crippen LogP contribution in [0.3, 0.4) is 0 Å². The maximum absolute atomic E-state index is 14.5. The van der Waals surface area contributed by atoms with Gasteiger partial charge in [-0.3, -0.25) is 0 Å². The maximum atomic E-state index is 14.5. The fraction of sp³-hybridized carbons (Fsp3) is 0.368. The summed E-state index contributed by atoms with van der Waals surface area (Å²) in [6.45, 7) is 3.67. The average molecular weight is 363 g/mol. The quantitative estimate of drug-likeness (QED) is 0.707. The van der Waals surface area contributed by atoms with Crippen LogP contribution in [-0.4, -0.2) is 17.4 Å². The van der Waals surface area contributed by atoms with E-state index < -0.39 is 5.79 Å². The van der Waals surface area contributed by atoms with E-state index in [0.717, 1.165) is 25.9 Å². The summed E-state index contributed by atoms with van der Waals surface area (Å²) in [4.78, 5) is 0.535. The predicted molar refractivity (Wildman–Crippen MR) is 92.7 cm³/mol. The molecule has 132 valence electrons. The number of nitrogens with zero attached hydrogens (tertiary/aromatic N) is 1. The molecule has 0 saturated carbocycles. The van der Waals surface area contributed by atoms with Crippen molar-refractivity contribution in [3.63, 3.8) is 0 Å². The molecule has 1 unspecified atom stereocenters. The molecular weight excluding hydrogens is 344 g/mol. The molecule has 6 heteroatoms. The molecule has 1 atom stereocenters. The third kappa shape index (κ3) is 3.33. The van der Waals surface area contributed by atoms with Gasteiger partial charge in [0.05, 0.1) is 4.90 Å². The van der Waals surface area contributed by atoms with Crippen molar-refractivity contribution in [2.24, 2.45) is 0 Å². The minimum atomic E-state index is -1.09. The lowest BCUT2D eigenvalue weighted by atomic mass is 10.1. The molecule has 2 aliphatic rings. The number of halogens is 2. The number of ether oxygens (including phenoxy) is 2. The molecule has 1 saturated heterocycles. The van der Waals surface area contributed by atoms with Gasteiger partial charge in [-0.2, -0.15) is 0 Å². The Morgan fingerprint density at radius 2 is 1.60 bits per heavy atom. The fourth-order valence-electron chi connectivity index (χ4n) is 3.15. The first-order chi connectivity index (χ1) is 12.0. The van der Waals surface area contributed by atoms with Gasteiger partial charge in [-0.15, -0.1) is 0 Å². The smallest absolute Gasteiger partial charge is 0.275 e. The second kappa shape index (κ2) is 6.50. The summed E-state index contributed by atoms with van der Waals surface area (Å²) >= 11 is 1.43. The highest BCUT2D eigenvalue weighted by Gasteiger charge is 2.39. The normalized spacial score (nSPS) is 23.0. The molecule has 0 spiro atoms. The Hall–Kier alpha value is -1.79. The molecule has 1 fully saturated rings. The number of hydrogen-bond acceptors (Lipinski definition) is 4. The molecule has 2 aliphatic heterocycles. The highest BCUT2D eigenvalue weighted by Crippen LogP contribution is 2.46. The minimum Gasteiger partial charge on any atom is -0.444 e. The van der Waals surface area contributed by atoms with Crippen molar-refractivity contribution in [2.45, 2.75) is 36.9 Å².